The van der Waals surface area contributed by atoms with Crippen LogP contribution in [0.4, 0.5) is 5.69 Å². The lowest BCUT2D eigenvalue weighted by Crippen LogP contribution is -2.32. The summed E-state index contributed by atoms with van der Waals surface area (Å²) in [5, 5.41) is 5.08. The summed E-state index contributed by atoms with van der Waals surface area (Å²) in [6.07, 6.45) is -0.0514. The summed E-state index contributed by atoms with van der Waals surface area (Å²) in [4.78, 5) is 12.7. The number of benzene rings is 3. The third kappa shape index (κ3) is 3.74. The zero-order chi connectivity index (χ0) is 17.6. The van der Waals surface area contributed by atoms with Gasteiger partial charge >= 0.3 is 0 Å². The third-order valence-electron chi connectivity index (χ3n) is 4.05. The van der Waals surface area contributed by atoms with Crippen LogP contribution >= 0.6 is 0 Å². The highest BCUT2D eigenvalue weighted by atomic mass is 16.5. The molecule has 0 aliphatic carbocycles. The van der Waals surface area contributed by atoms with Gasteiger partial charge in [0.15, 0.2) is 17.6 Å². The minimum absolute atomic E-state index is 0.176. The minimum Gasteiger partial charge on any atom is -0.493 e. The maximum Gasteiger partial charge on any atom is 0.265 e. The molecule has 128 valence electrons. The van der Waals surface area contributed by atoms with E-state index < -0.39 is 6.10 Å². The molecule has 1 atom stereocenters. The van der Waals surface area contributed by atoms with E-state index in [1.165, 1.54) is 0 Å². The highest BCUT2D eigenvalue weighted by molar-refractivity contribution is 6.03. The summed E-state index contributed by atoms with van der Waals surface area (Å²) in [6.45, 7) is 1.92. The lowest BCUT2D eigenvalue weighted by atomic mass is 10.1. The highest BCUT2D eigenvalue weighted by Gasteiger charge is 2.20. The fraction of sp³-hybridized carbons (Fsp3) is 0.190. The van der Waals surface area contributed by atoms with Gasteiger partial charge in [0.25, 0.3) is 5.91 Å². The van der Waals surface area contributed by atoms with Crippen LogP contribution in [-0.4, -0.2) is 19.1 Å². The Morgan fingerprint density at radius 1 is 0.960 bits per heavy atom. The van der Waals surface area contributed by atoms with Crippen molar-refractivity contribution >= 4 is 22.4 Å². The number of para-hydroxylation sites is 2. The third-order valence-corrected chi connectivity index (χ3v) is 4.05. The van der Waals surface area contributed by atoms with Crippen molar-refractivity contribution < 1.29 is 14.3 Å². The van der Waals surface area contributed by atoms with Crippen LogP contribution in [0.1, 0.15) is 13.3 Å². The number of fused-ring (bicyclic) bond motifs is 1. The molecule has 0 bridgehead atoms. The molecule has 4 nitrogen and oxygen atoms in total. The predicted molar refractivity (Wildman–Crippen MR) is 100 cm³/mol. The number of hydrogen-bond donors (Lipinski definition) is 1. The van der Waals surface area contributed by atoms with Gasteiger partial charge in [0.1, 0.15) is 0 Å². The number of rotatable bonds is 6. The lowest BCUT2D eigenvalue weighted by molar-refractivity contribution is -0.122. The van der Waals surface area contributed by atoms with Crippen molar-refractivity contribution in [2.24, 2.45) is 0 Å². The van der Waals surface area contributed by atoms with Crippen molar-refractivity contribution in [1.82, 2.24) is 0 Å². The molecule has 0 unspecified atom stereocenters. The SMILES string of the molecule is CC[C@@H](Oc1ccccc1OC)C(=O)Nc1cccc2ccccc12. The van der Waals surface area contributed by atoms with Gasteiger partial charge in [-0.2, -0.15) is 0 Å². The van der Waals surface area contributed by atoms with Crippen LogP contribution in [0.25, 0.3) is 10.8 Å². The molecule has 0 saturated heterocycles. The van der Waals surface area contributed by atoms with Gasteiger partial charge in [-0.1, -0.05) is 55.5 Å². The van der Waals surface area contributed by atoms with Gasteiger partial charge < -0.3 is 14.8 Å². The molecular formula is C21H21NO3. The molecule has 3 rings (SSSR count). The molecule has 0 radical (unpaired) electrons. The van der Waals surface area contributed by atoms with E-state index in [1.54, 1.807) is 13.2 Å². The summed E-state index contributed by atoms with van der Waals surface area (Å²) < 4.78 is 11.2. The predicted octanol–water partition coefficient (Wildman–Crippen LogP) is 4.64. The number of methoxy groups -OCH3 is 1. The van der Waals surface area contributed by atoms with Gasteiger partial charge in [0.05, 0.1) is 7.11 Å². The van der Waals surface area contributed by atoms with Crippen molar-refractivity contribution in [3.05, 3.63) is 66.7 Å². The van der Waals surface area contributed by atoms with Crippen LogP contribution in [0.2, 0.25) is 0 Å². The summed E-state index contributed by atoms with van der Waals surface area (Å²) in [5.74, 6) is 0.994. The summed E-state index contributed by atoms with van der Waals surface area (Å²) in [6, 6.07) is 21.1. The molecule has 4 heteroatoms. The maximum atomic E-state index is 12.7. The minimum atomic E-state index is -0.602. The average molecular weight is 335 g/mol. The first-order valence-corrected chi connectivity index (χ1v) is 8.31. The average Bonchev–Trinajstić information content (AvgIpc) is 2.66. The molecule has 0 heterocycles. The molecule has 25 heavy (non-hydrogen) atoms. The largest absolute Gasteiger partial charge is 0.493 e. The topological polar surface area (TPSA) is 47.6 Å². The monoisotopic (exact) mass is 335 g/mol. The van der Waals surface area contributed by atoms with Crippen LogP contribution in [0.5, 0.6) is 11.5 Å². The van der Waals surface area contributed by atoms with Crippen LogP contribution < -0.4 is 14.8 Å². The number of nitrogens with one attached hydrogen (secondary N) is 1. The van der Waals surface area contributed by atoms with E-state index in [1.807, 2.05) is 67.6 Å². The van der Waals surface area contributed by atoms with Gasteiger partial charge in [-0.25, -0.2) is 0 Å². The molecule has 0 aliphatic heterocycles. The zero-order valence-electron chi connectivity index (χ0n) is 14.4. The van der Waals surface area contributed by atoms with Crippen LogP contribution in [0.15, 0.2) is 66.7 Å². The van der Waals surface area contributed by atoms with Crippen LogP contribution in [0, 0.1) is 0 Å². The second kappa shape index (κ2) is 7.71. The van der Waals surface area contributed by atoms with Gasteiger partial charge in [-0.05, 0) is 30.0 Å². The number of anilines is 1. The van der Waals surface area contributed by atoms with Gasteiger partial charge in [-0.15, -0.1) is 0 Å². The second-order valence-electron chi connectivity index (χ2n) is 5.68. The van der Waals surface area contributed by atoms with E-state index in [2.05, 4.69) is 5.32 Å². The fourth-order valence-corrected chi connectivity index (χ4v) is 2.74. The molecule has 3 aromatic rings. The summed E-state index contributed by atoms with van der Waals surface area (Å²) in [5.41, 5.74) is 0.783. The standard InChI is InChI=1S/C21H21NO3/c1-3-18(25-20-14-7-6-13-19(20)24-2)21(23)22-17-12-8-10-15-9-4-5-11-16(15)17/h4-14,18H,3H2,1-2H3,(H,22,23)/t18-/m1/s1. The molecule has 1 N–H and O–H groups in total. The Morgan fingerprint density at radius 2 is 1.64 bits per heavy atom. The Hall–Kier alpha value is -3.01. The lowest BCUT2D eigenvalue weighted by Gasteiger charge is -2.19. The number of ether oxygens (including phenoxy) is 2. The van der Waals surface area contributed by atoms with E-state index in [0.717, 1.165) is 16.5 Å². The van der Waals surface area contributed by atoms with Crippen molar-refractivity contribution in [1.29, 1.82) is 0 Å². The van der Waals surface area contributed by atoms with Gasteiger partial charge in [-0.3, -0.25) is 4.79 Å². The van der Waals surface area contributed by atoms with E-state index in [0.29, 0.717) is 17.9 Å². The Kier molecular flexibility index (Phi) is 5.19. The molecule has 0 spiro atoms. The molecule has 0 aromatic heterocycles. The number of amides is 1. The molecular weight excluding hydrogens is 314 g/mol. The second-order valence-corrected chi connectivity index (χ2v) is 5.68. The molecule has 3 aromatic carbocycles. The number of carbonyl (C=O) groups is 1. The van der Waals surface area contributed by atoms with E-state index in [4.69, 9.17) is 9.47 Å². The van der Waals surface area contributed by atoms with Crippen molar-refractivity contribution in [3.8, 4) is 11.5 Å². The van der Waals surface area contributed by atoms with Gasteiger partial charge in [0.2, 0.25) is 0 Å². The Balaban J connectivity index is 1.80. The Morgan fingerprint density at radius 3 is 2.40 bits per heavy atom. The van der Waals surface area contributed by atoms with E-state index in [9.17, 15) is 4.79 Å². The van der Waals surface area contributed by atoms with E-state index in [-0.39, 0.29) is 5.91 Å². The summed E-state index contributed by atoms with van der Waals surface area (Å²) in [7, 11) is 1.58. The molecule has 0 saturated carbocycles. The summed E-state index contributed by atoms with van der Waals surface area (Å²) >= 11 is 0. The molecule has 0 fully saturated rings. The quantitative estimate of drug-likeness (QED) is 0.713. The van der Waals surface area contributed by atoms with Crippen molar-refractivity contribution in [3.63, 3.8) is 0 Å². The van der Waals surface area contributed by atoms with Crippen LogP contribution in [0.3, 0.4) is 0 Å². The number of hydrogen-bond acceptors (Lipinski definition) is 3. The van der Waals surface area contributed by atoms with Gasteiger partial charge in [0, 0.05) is 11.1 Å². The Bertz CT molecular complexity index is 870. The highest BCUT2D eigenvalue weighted by Crippen LogP contribution is 2.28. The normalized spacial score (nSPS) is 11.8. The van der Waals surface area contributed by atoms with Crippen molar-refractivity contribution in [2.75, 3.05) is 12.4 Å². The zero-order valence-corrected chi connectivity index (χ0v) is 14.4. The molecule has 1 amide bonds. The fourth-order valence-electron chi connectivity index (χ4n) is 2.74. The first-order chi connectivity index (χ1) is 12.2. The first kappa shape index (κ1) is 16.8. The van der Waals surface area contributed by atoms with E-state index >= 15 is 0 Å². The Labute approximate surface area is 147 Å². The smallest absolute Gasteiger partial charge is 0.265 e. The molecule has 0 aliphatic rings. The first-order valence-electron chi connectivity index (χ1n) is 8.31. The maximum absolute atomic E-state index is 12.7. The van der Waals surface area contributed by atoms with Crippen LogP contribution in [-0.2, 0) is 4.79 Å². The van der Waals surface area contributed by atoms with Crippen molar-refractivity contribution in [2.45, 2.75) is 19.4 Å². The number of carbonyl (C=O) groups excluding carboxylic acids is 1.